The molecule has 1 aromatic rings. The third-order valence-corrected chi connectivity index (χ3v) is 4.21. The molecule has 0 aliphatic carbocycles. The molecule has 1 atom stereocenters. The van der Waals surface area contributed by atoms with Crippen LogP contribution in [0.5, 0.6) is 5.75 Å². The minimum absolute atomic E-state index is 0.256. The number of benzene rings is 1. The number of methoxy groups -OCH3 is 2. The highest BCUT2D eigenvalue weighted by molar-refractivity contribution is 5.83. The molecule has 5 heteroatoms. The molecule has 0 radical (unpaired) electrons. The molecule has 0 saturated carbocycles. The summed E-state index contributed by atoms with van der Waals surface area (Å²) < 4.78 is 10.6. The van der Waals surface area contributed by atoms with E-state index in [0.717, 1.165) is 37.3 Å². The summed E-state index contributed by atoms with van der Waals surface area (Å²) in [6.45, 7) is 7.24. The van der Waals surface area contributed by atoms with Crippen LogP contribution in [0.3, 0.4) is 0 Å². The van der Waals surface area contributed by atoms with Crippen LogP contribution in [0.25, 0.3) is 0 Å². The third kappa shape index (κ3) is 2.89. The number of hydrogen-bond acceptors (Lipinski definition) is 5. The highest BCUT2D eigenvalue weighted by Crippen LogP contribution is 2.36. The summed E-state index contributed by atoms with van der Waals surface area (Å²) in [5.74, 6) is 0.459. The Labute approximate surface area is 126 Å². The number of aryl methyl sites for hydroxylation is 1. The van der Waals surface area contributed by atoms with E-state index in [-0.39, 0.29) is 5.97 Å². The molecule has 1 heterocycles. The standard InChI is InChI=1S/C16H24N2O3/c1-12-5-6-14(20-3)13(11-12)16(2,15(19)21-4)18-9-7-17-8-10-18/h5-6,11,17H,7-10H2,1-4H3. The summed E-state index contributed by atoms with van der Waals surface area (Å²) in [6, 6.07) is 5.91. The summed E-state index contributed by atoms with van der Waals surface area (Å²) >= 11 is 0. The van der Waals surface area contributed by atoms with Crippen molar-refractivity contribution in [1.82, 2.24) is 10.2 Å². The van der Waals surface area contributed by atoms with Gasteiger partial charge in [0.25, 0.3) is 0 Å². The average Bonchev–Trinajstić information content (AvgIpc) is 2.54. The van der Waals surface area contributed by atoms with Gasteiger partial charge in [0.2, 0.25) is 0 Å². The molecular weight excluding hydrogens is 268 g/mol. The molecule has 5 nitrogen and oxygen atoms in total. The fourth-order valence-electron chi connectivity index (χ4n) is 2.92. The highest BCUT2D eigenvalue weighted by atomic mass is 16.5. The van der Waals surface area contributed by atoms with E-state index in [1.807, 2.05) is 32.0 Å². The van der Waals surface area contributed by atoms with Gasteiger partial charge in [0.1, 0.15) is 11.3 Å². The van der Waals surface area contributed by atoms with Gasteiger partial charge in [-0.2, -0.15) is 0 Å². The summed E-state index contributed by atoms with van der Waals surface area (Å²) in [5.41, 5.74) is 1.11. The summed E-state index contributed by atoms with van der Waals surface area (Å²) in [5, 5.41) is 3.31. The molecule has 1 N–H and O–H groups in total. The molecule has 1 aliphatic rings. The van der Waals surface area contributed by atoms with Crippen molar-refractivity contribution in [2.45, 2.75) is 19.4 Å². The molecule has 1 fully saturated rings. The summed E-state index contributed by atoms with van der Waals surface area (Å²) in [7, 11) is 3.06. The van der Waals surface area contributed by atoms with Crippen LogP contribution in [0.4, 0.5) is 0 Å². The van der Waals surface area contributed by atoms with E-state index in [1.165, 1.54) is 7.11 Å². The van der Waals surface area contributed by atoms with Crippen LogP contribution in [0, 0.1) is 6.92 Å². The lowest BCUT2D eigenvalue weighted by Gasteiger charge is -2.42. The van der Waals surface area contributed by atoms with Crippen LogP contribution in [0.1, 0.15) is 18.1 Å². The van der Waals surface area contributed by atoms with Gasteiger partial charge in [-0.3, -0.25) is 4.90 Å². The van der Waals surface area contributed by atoms with E-state index in [0.29, 0.717) is 5.75 Å². The maximum Gasteiger partial charge on any atom is 0.330 e. The first-order chi connectivity index (χ1) is 10.0. The Balaban J connectivity index is 2.53. The number of hydrogen-bond donors (Lipinski definition) is 1. The first kappa shape index (κ1) is 15.8. The van der Waals surface area contributed by atoms with Gasteiger partial charge in [0.05, 0.1) is 14.2 Å². The number of ether oxygens (including phenoxy) is 2. The van der Waals surface area contributed by atoms with Crippen LogP contribution in [0.15, 0.2) is 18.2 Å². The van der Waals surface area contributed by atoms with Crippen molar-refractivity contribution in [3.63, 3.8) is 0 Å². The highest BCUT2D eigenvalue weighted by Gasteiger charge is 2.44. The summed E-state index contributed by atoms with van der Waals surface area (Å²) in [4.78, 5) is 14.7. The van der Waals surface area contributed by atoms with Gasteiger partial charge >= 0.3 is 5.97 Å². The first-order valence-corrected chi connectivity index (χ1v) is 7.23. The molecule has 1 unspecified atom stereocenters. The van der Waals surface area contributed by atoms with Crippen molar-refractivity contribution >= 4 is 5.97 Å². The van der Waals surface area contributed by atoms with Gasteiger partial charge in [-0.25, -0.2) is 4.79 Å². The molecule has 0 bridgehead atoms. The molecular formula is C16H24N2O3. The molecule has 2 rings (SSSR count). The van der Waals surface area contributed by atoms with Crippen LogP contribution < -0.4 is 10.1 Å². The molecule has 0 amide bonds. The van der Waals surface area contributed by atoms with Crippen molar-refractivity contribution in [1.29, 1.82) is 0 Å². The lowest BCUT2D eigenvalue weighted by atomic mass is 9.87. The zero-order valence-corrected chi connectivity index (χ0v) is 13.2. The van der Waals surface area contributed by atoms with Crippen molar-refractivity contribution < 1.29 is 14.3 Å². The summed E-state index contributed by atoms with van der Waals surface area (Å²) in [6.07, 6.45) is 0. The molecule has 21 heavy (non-hydrogen) atoms. The first-order valence-electron chi connectivity index (χ1n) is 7.23. The number of esters is 1. The Morgan fingerprint density at radius 2 is 1.95 bits per heavy atom. The lowest BCUT2D eigenvalue weighted by molar-refractivity contribution is -0.155. The van der Waals surface area contributed by atoms with Crippen molar-refractivity contribution in [2.24, 2.45) is 0 Å². The second kappa shape index (κ2) is 6.45. The van der Waals surface area contributed by atoms with Gasteiger partial charge < -0.3 is 14.8 Å². The second-order valence-corrected chi connectivity index (χ2v) is 5.50. The second-order valence-electron chi connectivity index (χ2n) is 5.50. The van der Waals surface area contributed by atoms with Crippen molar-refractivity contribution in [3.8, 4) is 5.75 Å². The van der Waals surface area contributed by atoms with E-state index >= 15 is 0 Å². The number of nitrogens with one attached hydrogen (secondary N) is 1. The number of carbonyl (C=O) groups excluding carboxylic acids is 1. The predicted molar refractivity (Wildman–Crippen MR) is 81.5 cm³/mol. The van der Waals surface area contributed by atoms with E-state index in [2.05, 4.69) is 10.2 Å². The molecule has 1 aliphatic heterocycles. The zero-order valence-electron chi connectivity index (χ0n) is 13.2. The van der Waals surface area contributed by atoms with Gasteiger partial charge in [0, 0.05) is 31.7 Å². The average molecular weight is 292 g/mol. The van der Waals surface area contributed by atoms with Crippen LogP contribution >= 0.6 is 0 Å². The van der Waals surface area contributed by atoms with Gasteiger partial charge in [-0.15, -0.1) is 0 Å². The molecule has 1 aromatic carbocycles. The van der Waals surface area contributed by atoms with Gasteiger partial charge in [-0.1, -0.05) is 11.6 Å². The van der Waals surface area contributed by atoms with Gasteiger partial charge in [-0.05, 0) is 26.0 Å². The van der Waals surface area contributed by atoms with Crippen LogP contribution in [-0.2, 0) is 15.1 Å². The van der Waals surface area contributed by atoms with E-state index in [1.54, 1.807) is 7.11 Å². The van der Waals surface area contributed by atoms with Crippen molar-refractivity contribution in [3.05, 3.63) is 29.3 Å². The molecule has 0 spiro atoms. The van der Waals surface area contributed by atoms with E-state index in [4.69, 9.17) is 9.47 Å². The van der Waals surface area contributed by atoms with Crippen LogP contribution in [-0.4, -0.2) is 51.3 Å². The Morgan fingerprint density at radius 3 is 2.52 bits per heavy atom. The fourth-order valence-corrected chi connectivity index (χ4v) is 2.92. The van der Waals surface area contributed by atoms with E-state index < -0.39 is 5.54 Å². The normalized spacial score (nSPS) is 18.9. The number of nitrogens with zero attached hydrogens (tertiary/aromatic N) is 1. The molecule has 1 saturated heterocycles. The minimum Gasteiger partial charge on any atom is -0.496 e. The lowest BCUT2D eigenvalue weighted by Crippen LogP contribution is -2.57. The SMILES string of the molecule is COC(=O)C(C)(c1cc(C)ccc1OC)N1CCNCC1. The number of rotatable bonds is 4. The Hall–Kier alpha value is -1.59. The zero-order chi connectivity index (χ0) is 15.5. The Bertz CT molecular complexity index is 512. The quantitative estimate of drug-likeness (QED) is 0.848. The number of piperazine rings is 1. The smallest absolute Gasteiger partial charge is 0.330 e. The minimum atomic E-state index is -0.839. The Kier molecular flexibility index (Phi) is 4.85. The number of carbonyl (C=O) groups is 1. The van der Waals surface area contributed by atoms with Crippen molar-refractivity contribution in [2.75, 3.05) is 40.4 Å². The topological polar surface area (TPSA) is 50.8 Å². The molecule has 0 aromatic heterocycles. The van der Waals surface area contributed by atoms with E-state index in [9.17, 15) is 4.79 Å². The largest absolute Gasteiger partial charge is 0.496 e. The maximum absolute atomic E-state index is 12.6. The predicted octanol–water partition coefficient (Wildman–Crippen LogP) is 1.30. The monoisotopic (exact) mass is 292 g/mol. The third-order valence-electron chi connectivity index (χ3n) is 4.21. The van der Waals surface area contributed by atoms with Crippen LogP contribution in [0.2, 0.25) is 0 Å². The Morgan fingerprint density at radius 1 is 1.29 bits per heavy atom. The maximum atomic E-state index is 12.6. The molecule has 116 valence electrons. The fraction of sp³-hybridized carbons (Fsp3) is 0.562. The van der Waals surface area contributed by atoms with Gasteiger partial charge in [0.15, 0.2) is 0 Å².